The summed E-state index contributed by atoms with van der Waals surface area (Å²) in [6.07, 6.45) is 0.693. The van der Waals surface area contributed by atoms with Crippen LogP contribution >= 0.6 is 15.9 Å². The molecule has 0 bridgehead atoms. The number of rotatable bonds is 8. The van der Waals surface area contributed by atoms with Gasteiger partial charge in [0.25, 0.3) is 0 Å². The smallest absolute Gasteiger partial charge is 0.410 e. The molecule has 0 aliphatic carbocycles. The Morgan fingerprint density at radius 3 is 2.38 bits per heavy atom. The molecule has 0 radical (unpaired) electrons. The molecule has 2 amide bonds. The molecule has 10 heteroatoms. The van der Waals surface area contributed by atoms with Crippen LogP contribution in [0, 0.1) is 0 Å². The molecule has 1 atom stereocenters. The van der Waals surface area contributed by atoms with Gasteiger partial charge < -0.3 is 19.5 Å². The van der Waals surface area contributed by atoms with Crippen molar-refractivity contribution in [3.63, 3.8) is 0 Å². The highest BCUT2D eigenvalue weighted by molar-refractivity contribution is 9.10. The van der Waals surface area contributed by atoms with E-state index < -0.39 is 12.1 Å². The number of likely N-dealkylation sites (tertiary alicyclic amines) is 1. The molecule has 0 saturated carbocycles. The summed E-state index contributed by atoms with van der Waals surface area (Å²) in [5.74, 6) is 1.19. The van der Waals surface area contributed by atoms with Gasteiger partial charge in [-0.2, -0.15) is 4.98 Å². The third-order valence-corrected chi connectivity index (χ3v) is 6.85. The predicted molar refractivity (Wildman–Crippen MR) is 151 cm³/mol. The van der Waals surface area contributed by atoms with E-state index in [0.717, 1.165) is 16.9 Å². The van der Waals surface area contributed by atoms with E-state index in [4.69, 9.17) is 14.2 Å². The van der Waals surface area contributed by atoms with E-state index in [2.05, 4.69) is 31.2 Å². The van der Waals surface area contributed by atoms with Gasteiger partial charge in [0.1, 0.15) is 41.1 Å². The van der Waals surface area contributed by atoms with E-state index in [9.17, 15) is 9.59 Å². The summed E-state index contributed by atoms with van der Waals surface area (Å²) in [4.78, 5) is 36.9. The molecule has 1 fully saturated rings. The Morgan fingerprint density at radius 2 is 1.72 bits per heavy atom. The number of nitrogens with zero attached hydrogens (tertiary/aromatic N) is 3. The number of benzene rings is 2. The topological polar surface area (TPSA) is 103 Å². The number of carbonyl (C=O) groups excluding carboxylic acids is 2. The van der Waals surface area contributed by atoms with Crippen molar-refractivity contribution in [3.05, 3.63) is 76.2 Å². The maximum Gasteiger partial charge on any atom is 0.410 e. The zero-order valence-corrected chi connectivity index (χ0v) is 24.2. The van der Waals surface area contributed by atoms with Crippen LogP contribution in [-0.2, 0) is 28.2 Å². The molecule has 1 aliphatic heterocycles. The summed E-state index contributed by atoms with van der Waals surface area (Å²) in [7, 11) is 1.61. The standard InChI is InChI=1S/C29H33BrN4O5/c1-29(2,3)27-32-24(30)23(26(33-27)38-17-20-12-14-21(37-4)15-13-20)31-25(35)22-11-8-16-34(22)28(36)39-18-19-9-6-5-7-10-19/h5-7,9-10,12-15,22H,8,11,16-18H2,1-4H3,(H,31,35)/t22-/m1/s1. The van der Waals surface area contributed by atoms with Gasteiger partial charge >= 0.3 is 6.09 Å². The fourth-order valence-electron chi connectivity index (χ4n) is 4.10. The monoisotopic (exact) mass is 596 g/mol. The summed E-state index contributed by atoms with van der Waals surface area (Å²) < 4.78 is 17.2. The Kier molecular flexibility index (Phi) is 9.06. The molecule has 4 rings (SSSR count). The number of ether oxygens (including phenoxy) is 3. The number of nitrogens with one attached hydrogen (secondary N) is 1. The van der Waals surface area contributed by atoms with Gasteiger partial charge in [-0.15, -0.1) is 0 Å². The lowest BCUT2D eigenvalue weighted by molar-refractivity contribution is -0.120. The van der Waals surface area contributed by atoms with Crippen LogP contribution in [-0.4, -0.2) is 46.6 Å². The molecule has 1 saturated heterocycles. The Hall–Kier alpha value is -3.66. The number of halogens is 1. The van der Waals surface area contributed by atoms with Crippen LogP contribution in [0.5, 0.6) is 11.6 Å². The van der Waals surface area contributed by atoms with Gasteiger partial charge in [0, 0.05) is 12.0 Å². The SMILES string of the molecule is COc1ccc(COc2nc(C(C)(C)C)nc(Br)c2NC(=O)[C@H]2CCCN2C(=O)OCc2ccccc2)cc1. The molecule has 0 spiro atoms. The maximum absolute atomic E-state index is 13.4. The second-order valence-electron chi connectivity index (χ2n) is 10.3. The first-order valence-electron chi connectivity index (χ1n) is 12.8. The summed E-state index contributed by atoms with van der Waals surface area (Å²) in [6, 6.07) is 16.2. The third kappa shape index (κ3) is 7.26. The lowest BCUT2D eigenvalue weighted by Gasteiger charge is -2.24. The minimum atomic E-state index is -0.683. The second kappa shape index (κ2) is 12.5. The molecule has 2 aromatic carbocycles. The summed E-state index contributed by atoms with van der Waals surface area (Å²) in [5.41, 5.74) is 1.74. The average molecular weight is 598 g/mol. The lowest BCUT2D eigenvalue weighted by atomic mass is 9.96. The van der Waals surface area contributed by atoms with Gasteiger partial charge in [-0.1, -0.05) is 63.2 Å². The van der Waals surface area contributed by atoms with Crippen molar-refractivity contribution in [1.29, 1.82) is 0 Å². The first kappa shape index (κ1) is 28.4. The van der Waals surface area contributed by atoms with Gasteiger partial charge in [-0.3, -0.25) is 9.69 Å². The molecule has 9 nitrogen and oxygen atoms in total. The van der Waals surface area contributed by atoms with E-state index in [0.29, 0.717) is 35.5 Å². The van der Waals surface area contributed by atoms with Crippen LogP contribution in [0.4, 0.5) is 10.5 Å². The Balaban J connectivity index is 1.50. The van der Waals surface area contributed by atoms with Crippen molar-refractivity contribution in [2.24, 2.45) is 0 Å². The average Bonchev–Trinajstić information content (AvgIpc) is 3.42. The first-order valence-corrected chi connectivity index (χ1v) is 13.6. The van der Waals surface area contributed by atoms with Crippen molar-refractivity contribution >= 4 is 33.6 Å². The highest BCUT2D eigenvalue weighted by Gasteiger charge is 2.36. The summed E-state index contributed by atoms with van der Waals surface area (Å²) >= 11 is 3.50. The molecular weight excluding hydrogens is 564 g/mol. The van der Waals surface area contributed by atoms with Crippen molar-refractivity contribution in [2.75, 3.05) is 19.0 Å². The third-order valence-electron chi connectivity index (χ3n) is 6.28. The molecule has 39 heavy (non-hydrogen) atoms. The number of methoxy groups -OCH3 is 1. The van der Waals surface area contributed by atoms with E-state index in [1.807, 2.05) is 75.4 Å². The molecule has 0 unspecified atom stereocenters. The normalized spacial score (nSPS) is 15.1. The summed E-state index contributed by atoms with van der Waals surface area (Å²) in [6.45, 7) is 6.79. The van der Waals surface area contributed by atoms with Gasteiger partial charge in [0.2, 0.25) is 11.8 Å². The molecule has 2 heterocycles. The van der Waals surface area contributed by atoms with E-state index in [1.54, 1.807) is 7.11 Å². The number of amides is 2. The Morgan fingerprint density at radius 1 is 1.03 bits per heavy atom. The van der Waals surface area contributed by atoms with Gasteiger partial charge in [0.15, 0.2) is 0 Å². The molecule has 1 N–H and O–H groups in total. The van der Waals surface area contributed by atoms with E-state index in [1.165, 1.54) is 4.90 Å². The van der Waals surface area contributed by atoms with Crippen LogP contribution < -0.4 is 14.8 Å². The van der Waals surface area contributed by atoms with Crippen LogP contribution in [0.1, 0.15) is 50.6 Å². The maximum atomic E-state index is 13.4. The number of carbonyl (C=O) groups is 2. The lowest BCUT2D eigenvalue weighted by Crippen LogP contribution is -2.43. The number of hydrogen-bond donors (Lipinski definition) is 1. The highest BCUT2D eigenvalue weighted by atomic mass is 79.9. The first-order chi connectivity index (χ1) is 18.7. The molecular formula is C29H33BrN4O5. The fraction of sp³-hybridized carbons (Fsp3) is 0.379. The Labute approximate surface area is 237 Å². The summed E-state index contributed by atoms with van der Waals surface area (Å²) in [5, 5.41) is 2.91. The molecule has 1 aliphatic rings. The van der Waals surface area contributed by atoms with E-state index in [-0.39, 0.29) is 30.4 Å². The van der Waals surface area contributed by atoms with Crippen LogP contribution in [0.3, 0.4) is 0 Å². The van der Waals surface area contributed by atoms with Crippen molar-refractivity contribution in [2.45, 2.75) is 58.3 Å². The zero-order valence-electron chi connectivity index (χ0n) is 22.6. The van der Waals surface area contributed by atoms with E-state index >= 15 is 0 Å². The van der Waals surface area contributed by atoms with Crippen LogP contribution in [0.25, 0.3) is 0 Å². The molecule has 1 aromatic heterocycles. The highest BCUT2D eigenvalue weighted by Crippen LogP contribution is 2.34. The fourth-order valence-corrected chi connectivity index (χ4v) is 4.54. The zero-order chi connectivity index (χ0) is 28.0. The van der Waals surface area contributed by atoms with Crippen LogP contribution in [0.15, 0.2) is 59.2 Å². The number of hydrogen-bond acceptors (Lipinski definition) is 7. The number of anilines is 1. The largest absolute Gasteiger partial charge is 0.497 e. The van der Waals surface area contributed by atoms with Crippen molar-refractivity contribution in [3.8, 4) is 11.6 Å². The van der Waals surface area contributed by atoms with Gasteiger partial charge in [-0.25, -0.2) is 9.78 Å². The molecule has 206 valence electrons. The number of aromatic nitrogens is 2. The quantitative estimate of drug-likeness (QED) is 0.325. The van der Waals surface area contributed by atoms with Crippen molar-refractivity contribution in [1.82, 2.24) is 14.9 Å². The minimum absolute atomic E-state index is 0.140. The Bertz CT molecular complexity index is 1300. The predicted octanol–water partition coefficient (Wildman–Crippen LogP) is 5.86. The second-order valence-corrected chi connectivity index (χ2v) is 11.0. The van der Waals surface area contributed by atoms with Crippen molar-refractivity contribution < 1.29 is 23.8 Å². The minimum Gasteiger partial charge on any atom is -0.497 e. The van der Waals surface area contributed by atoms with Gasteiger partial charge in [-0.05, 0) is 52.0 Å². The molecule has 3 aromatic rings. The van der Waals surface area contributed by atoms with Crippen LogP contribution in [0.2, 0.25) is 0 Å². The van der Waals surface area contributed by atoms with Gasteiger partial charge in [0.05, 0.1) is 7.11 Å².